The third-order valence-corrected chi connectivity index (χ3v) is 2.96. The molecule has 17 heavy (non-hydrogen) atoms. The summed E-state index contributed by atoms with van der Waals surface area (Å²) >= 11 is 0. The monoisotopic (exact) mass is 226 g/mol. The minimum absolute atomic E-state index is 0.175. The number of halogens is 1. The fraction of sp³-hybridized carbons (Fsp3) is 0.125. The van der Waals surface area contributed by atoms with Crippen LogP contribution in [-0.4, -0.2) is 0 Å². The Kier molecular flexibility index (Phi) is 3.38. The summed E-state index contributed by atoms with van der Waals surface area (Å²) in [4.78, 5) is 0. The highest BCUT2D eigenvalue weighted by Crippen LogP contribution is 2.26. The Balaban J connectivity index is 2.42. The van der Waals surface area contributed by atoms with Gasteiger partial charge >= 0.3 is 0 Å². The molecule has 0 saturated carbocycles. The molecule has 1 heteroatoms. The summed E-state index contributed by atoms with van der Waals surface area (Å²) in [5, 5.41) is 0. The van der Waals surface area contributed by atoms with Crippen LogP contribution in [0.4, 0.5) is 4.39 Å². The average Bonchev–Trinajstić information content (AvgIpc) is 2.38. The number of benzene rings is 2. The first kappa shape index (κ1) is 11.6. The molecule has 1 unspecified atom stereocenters. The second-order valence-electron chi connectivity index (χ2n) is 4.13. The first-order valence-electron chi connectivity index (χ1n) is 5.70. The SMILES string of the molecule is C=CC(C)c1ccc(-c2ccccc2)c(F)c1. The molecule has 0 radical (unpaired) electrons. The van der Waals surface area contributed by atoms with Gasteiger partial charge in [0.1, 0.15) is 5.82 Å². The van der Waals surface area contributed by atoms with Crippen molar-refractivity contribution in [1.29, 1.82) is 0 Å². The molecule has 86 valence electrons. The minimum Gasteiger partial charge on any atom is -0.206 e. The summed E-state index contributed by atoms with van der Waals surface area (Å²) in [6.07, 6.45) is 1.82. The largest absolute Gasteiger partial charge is 0.206 e. The Morgan fingerprint density at radius 3 is 2.41 bits per heavy atom. The quantitative estimate of drug-likeness (QED) is 0.660. The molecule has 0 N–H and O–H groups in total. The van der Waals surface area contributed by atoms with Crippen molar-refractivity contribution in [2.24, 2.45) is 0 Å². The second kappa shape index (κ2) is 4.96. The van der Waals surface area contributed by atoms with E-state index < -0.39 is 0 Å². The van der Waals surface area contributed by atoms with Crippen LogP contribution in [0.15, 0.2) is 61.2 Å². The number of allylic oxidation sites excluding steroid dienone is 1. The van der Waals surface area contributed by atoms with Crippen molar-refractivity contribution < 1.29 is 4.39 Å². The first-order chi connectivity index (χ1) is 8.22. The molecule has 1 atom stereocenters. The standard InChI is InChI=1S/C16H15F/c1-3-12(2)14-9-10-15(16(17)11-14)13-7-5-4-6-8-13/h3-12H,1H2,2H3. The molecule has 0 bridgehead atoms. The molecule has 0 aliphatic heterocycles. The minimum atomic E-state index is -0.178. The van der Waals surface area contributed by atoms with E-state index in [0.717, 1.165) is 11.1 Å². The van der Waals surface area contributed by atoms with E-state index in [1.165, 1.54) is 0 Å². The molecule has 2 aromatic rings. The Morgan fingerprint density at radius 1 is 1.12 bits per heavy atom. The van der Waals surface area contributed by atoms with Gasteiger partial charge in [-0.2, -0.15) is 0 Å². The van der Waals surface area contributed by atoms with E-state index in [0.29, 0.717) is 5.56 Å². The molecule has 2 aromatic carbocycles. The van der Waals surface area contributed by atoms with Gasteiger partial charge in [-0.05, 0) is 23.1 Å². The molecule has 0 fully saturated rings. The maximum absolute atomic E-state index is 14.0. The van der Waals surface area contributed by atoms with Crippen molar-refractivity contribution in [3.63, 3.8) is 0 Å². The molecule has 0 heterocycles. The molecule has 0 aromatic heterocycles. The van der Waals surface area contributed by atoms with Crippen LogP contribution in [0.2, 0.25) is 0 Å². The molecular weight excluding hydrogens is 211 g/mol. The van der Waals surface area contributed by atoms with Crippen molar-refractivity contribution in [1.82, 2.24) is 0 Å². The van der Waals surface area contributed by atoms with Crippen molar-refractivity contribution in [2.45, 2.75) is 12.8 Å². The van der Waals surface area contributed by atoms with Gasteiger partial charge in [0.25, 0.3) is 0 Å². The summed E-state index contributed by atoms with van der Waals surface area (Å²) in [5.41, 5.74) is 2.51. The van der Waals surface area contributed by atoms with Crippen LogP contribution in [0, 0.1) is 5.82 Å². The summed E-state index contributed by atoms with van der Waals surface area (Å²) in [5.74, 6) is -0.00303. The van der Waals surface area contributed by atoms with Crippen molar-refractivity contribution >= 4 is 0 Å². The van der Waals surface area contributed by atoms with Gasteiger partial charge in [0.05, 0.1) is 0 Å². The van der Waals surface area contributed by atoms with Gasteiger partial charge in [-0.15, -0.1) is 6.58 Å². The lowest BCUT2D eigenvalue weighted by molar-refractivity contribution is 0.628. The third kappa shape index (κ3) is 2.44. The summed E-state index contributed by atoms with van der Waals surface area (Å²) < 4.78 is 14.0. The highest BCUT2D eigenvalue weighted by atomic mass is 19.1. The van der Waals surface area contributed by atoms with Crippen LogP contribution in [0.25, 0.3) is 11.1 Å². The van der Waals surface area contributed by atoms with Gasteiger partial charge in [-0.3, -0.25) is 0 Å². The smallest absolute Gasteiger partial charge is 0.131 e. The van der Waals surface area contributed by atoms with Crippen molar-refractivity contribution in [3.8, 4) is 11.1 Å². The van der Waals surface area contributed by atoms with E-state index in [1.54, 1.807) is 6.07 Å². The molecular formula is C16H15F. The van der Waals surface area contributed by atoms with E-state index in [4.69, 9.17) is 0 Å². The van der Waals surface area contributed by atoms with Crippen LogP contribution in [-0.2, 0) is 0 Å². The highest BCUT2D eigenvalue weighted by Gasteiger charge is 2.08. The predicted octanol–water partition coefficient (Wildman–Crippen LogP) is 4.78. The van der Waals surface area contributed by atoms with Gasteiger partial charge in [-0.25, -0.2) is 4.39 Å². The van der Waals surface area contributed by atoms with Gasteiger partial charge in [0, 0.05) is 5.56 Å². The highest BCUT2D eigenvalue weighted by molar-refractivity contribution is 5.64. The van der Waals surface area contributed by atoms with Crippen LogP contribution < -0.4 is 0 Å². The van der Waals surface area contributed by atoms with E-state index in [-0.39, 0.29) is 11.7 Å². The molecule has 0 aliphatic carbocycles. The number of hydrogen-bond acceptors (Lipinski definition) is 0. The molecule has 0 nitrogen and oxygen atoms in total. The lowest BCUT2D eigenvalue weighted by Gasteiger charge is -2.09. The molecule has 2 rings (SSSR count). The van der Waals surface area contributed by atoms with E-state index in [1.807, 2.05) is 55.5 Å². The fourth-order valence-corrected chi connectivity index (χ4v) is 1.80. The van der Waals surface area contributed by atoms with Crippen LogP contribution in [0.1, 0.15) is 18.4 Å². The van der Waals surface area contributed by atoms with Crippen molar-refractivity contribution in [3.05, 3.63) is 72.6 Å². The molecule has 0 amide bonds. The first-order valence-corrected chi connectivity index (χ1v) is 5.70. The lowest BCUT2D eigenvalue weighted by Crippen LogP contribution is -1.92. The maximum atomic E-state index is 14.0. The Morgan fingerprint density at radius 2 is 1.82 bits per heavy atom. The summed E-state index contributed by atoms with van der Waals surface area (Å²) in [6, 6.07) is 15.0. The zero-order valence-corrected chi connectivity index (χ0v) is 9.86. The third-order valence-electron chi connectivity index (χ3n) is 2.96. The number of hydrogen-bond donors (Lipinski definition) is 0. The van der Waals surface area contributed by atoms with E-state index >= 15 is 0 Å². The zero-order valence-electron chi connectivity index (χ0n) is 9.86. The Labute approximate surface area is 101 Å². The predicted molar refractivity (Wildman–Crippen MR) is 70.4 cm³/mol. The average molecular weight is 226 g/mol. The topological polar surface area (TPSA) is 0 Å². The second-order valence-corrected chi connectivity index (χ2v) is 4.13. The van der Waals surface area contributed by atoms with Gasteiger partial charge < -0.3 is 0 Å². The maximum Gasteiger partial charge on any atom is 0.131 e. The van der Waals surface area contributed by atoms with Gasteiger partial charge in [-0.1, -0.05) is 55.5 Å². The van der Waals surface area contributed by atoms with Gasteiger partial charge in [0.2, 0.25) is 0 Å². The van der Waals surface area contributed by atoms with Gasteiger partial charge in [0.15, 0.2) is 0 Å². The Bertz CT molecular complexity index is 514. The van der Waals surface area contributed by atoms with Crippen LogP contribution in [0.5, 0.6) is 0 Å². The fourth-order valence-electron chi connectivity index (χ4n) is 1.80. The van der Waals surface area contributed by atoms with Crippen LogP contribution in [0.3, 0.4) is 0 Å². The number of rotatable bonds is 3. The summed E-state index contributed by atoms with van der Waals surface area (Å²) in [6.45, 7) is 5.73. The van der Waals surface area contributed by atoms with Crippen LogP contribution >= 0.6 is 0 Å². The van der Waals surface area contributed by atoms with E-state index in [9.17, 15) is 4.39 Å². The molecule has 0 saturated heterocycles. The Hall–Kier alpha value is -1.89. The zero-order chi connectivity index (χ0) is 12.3. The molecule has 0 aliphatic rings. The molecule has 0 spiro atoms. The van der Waals surface area contributed by atoms with E-state index in [2.05, 4.69) is 6.58 Å². The summed E-state index contributed by atoms with van der Waals surface area (Å²) in [7, 11) is 0. The normalized spacial score (nSPS) is 12.1. The lowest BCUT2D eigenvalue weighted by atomic mass is 9.97. The van der Waals surface area contributed by atoms with Crippen molar-refractivity contribution in [2.75, 3.05) is 0 Å².